The first kappa shape index (κ1) is 10.8. The highest BCUT2D eigenvalue weighted by atomic mass is 79.9. The lowest BCUT2D eigenvalue weighted by Gasteiger charge is -1.96. The van der Waals surface area contributed by atoms with Gasteiger partial charge >= 0.3 is 0 Å². The van der Waals surface area contributed by atoms with Gasteiger partial charge in [-0.2, -0.15) is 0 Å². The van der Waals surface area contributed by atoms with Gasteiger partial charge in [-0.3, -0.25) is 0 Å². The molecule has 1 nitrogen and oxygen atoms in total. The summed E-state index contributed by atoms with van der Waals surface area (Å²) in [5.74, 6) is 0. The van der Waals surface area contributed by atoms with E-state index in [-0.39, 0.29) is 0 Å². The van der Waals surface area contributed by atoms with Gasteiger partial charge in [-0.25, -0.2) is 4.98 Å². The second-order valence-electron chi connectivity index (χ2n) is 3.32. The Balaban J connectivity index is 2.66. The molecule has 0 saturated carbocycles. The topological polar surface area (TPSA) is 12.9 Å². The third kappa shape index (κ3) is 1.46. The molecule has 0 aliphatic carbocycles. The van der Waals surface area contributed by atoms with Crippen molar-refractivity contribution < 1.29 is 0 Å². The fourth-order valence-electron chi connectivity index (χ4n) is 1.69. The van der Waals surface area contributed by atoms with Crippen LogP contribution in [0.1, 0.15) is 0 Å². The number of pyridine rings is 1. The highest BCUT2D eigenvalue weighted by Gasteiger charge is 2.13. The SMILES string of the molecule is Clc1cccc2c1sc1c(Br)cnc(Cl)c12. The summed E-state index contributed by atoms with van der Waals surface area (Å²) >= 11 is 17.4. The summed E-state index contributed by atoms with van der Waals surface area (Å²) in [7, 11) is 0. The Morgan fingerprint density at radius 1 is 1.19 bits per heavy atom. The van der Waals surface area contributed by atoms with Crippen LogP contribution >= 0.6 is 50.5 Å². The summed E-state index contributed by atoms with van der Waals surface area (Å²) in [6.07, 6.45) is 1.72. The number of rotatable bonds is 0. The van der Waals surface area contributed by atoms with E-state index < -0.39 is 0 Å². The molecule has 0 unspecified atom stereocenters. The number of nitrogens with zero attached hydrogens (tertiary/aromatic N) is 1. The van der Waals surface area contributed by atoms with E-state index in [2.05, 4.69) is 20.9 Å². The van der Waals surface area contributed by atoms with Gasteiger partial charge in [-0.05, 0) is 22.0 Å². The molecular weight excluding hydrogens is 329 g/mol. The Hall–Kier alpha value is -0.350. The molecule has 1 aromatic carbocycles. The molecular formula is C11H4BrCl2NS. The summed E-state index contributed by atoms with van der Waals surface area (Å²) < 4.78 is 3.09. The quantitative estimate of drug-likeness (QED) is 0.494. The van der Waals surface area contributed by atoms with Crippen LogP contribution in [0, 0.1) is 0 Å². The Morgan fingerprint density at radius 2 is 2.00 bits per heavy atom. The lowest BCUT2D eigenvalue weighted by atomic mass is 10.2. The molecule has 2 aromatic heterocycles. The maximum absolute atomic E-state index is 6.16. The van der Waals surface area contributed by atoms with Crippen molar-refractivity contribution >= 4 is 70.6 Å². The molecule has 0 atom stereocenters. The normalized spacial score (nSPS) is 11.4. The maximum atomic E-state index is 6.16. The van der Waals surface area contributed by atoms with E-state index in [4.69, 9.17) is 23.2 Å². The van der Waals surface area contributed by atoms with Crippen LogP contribution in [0.3, 0.4) is 0 Å². The molecule has 0 spiro atoms. The Bertz CT molecular complexity index is 708. The molecule has 0 saturated heterocycles. The summed E-state index contributed by atoms with van der Waals surface area (Å²) in [5, 5.41) is 3.30. The van der Waals surface area contributed by atoms with E-state index >= 15 is 0 Å². The van der Waals surface area contributed by atoms with Gasteiger partial charge in [0.1, 0.15) is 5.15 Å². The average molecular weight is 333 g/mol. The zero-order valence-electron chi connectivity index (χ0n) is 7.80. The number of hydrogen-bond acceptors (Lipinski definition) is 2. The average Bonchev–Trinajstić information content (AvgIpc) is 2.66. The molecule has 2 heterocycles. The standard InChI is InChI=1S/C11H4BrCl2NS/c12-6-4-15-11(14)8-5-2-1-3-7(13)9(5)16-10(6)8/h1-4H. The first-order valence-corrected chi connectivity index (χ1v) is 6.86. The molecule has 0 bridgehead atoms. The van der Waals surface area contributed by atoms with Gasteiger partial charge in [0.25, 0.3) is 0 Å². The lowest BCUT2D eigenvalue weighted by Crippen LogP contribution is -1.76. The van der Waals surface area contributed by atoms with Gasteiger partial charge in [-0.1, -0.05) is 35.3 Å². The lowest BCUT2D eigenvalue weighted by molar-refractivity contribution is 1.36. The fraction of sp³-hybridized carbons (Fsp3) is 0. The molecule has 0 aliphatic heterocycles. The molecule has 0 N–H and O–H groups in total. The summed E-state index contributed by atoms with van der Waals surface area (Å²) in [6, 6.07) is 5.82. The van der Waals surface area contributed by atoms with E-state index in [1.807, 2.05) is 18.2 Å². The van der Waals surface area contributed by atoms with Gasteiger partial charge in [0.05, 0.1) is 18.9 Å². The van der Waals surface area contributed by atoms with Crippen molar-refractivity contribution in [3.8, 4) is 0 Å². The zero-order valence-corrected chi connectivity index (χ0v) is 11.7. The maximum Gasteiger partial charge on any atom is 0.138 e. The van der Waals surface area contributed by atoms with E-state index in [9.17, 15) is 0 Å². The minimum absolute atomic E-state index is 0.520. The van der Waals surface area contributed by atoms with Crippen LogP contribution < -0.4 is 0 Å². The van der Waals surface area contributed by atoms with Crippen molar-refractivity contribution in [1.29, 1.82) is 0 Å². The van der Waals surface area contributed by atoms with Crippen molar-refractivity contribution in [1.82, 2.24) is 4.98 Å². The van der Waals surface area contributed by atoms with Crippen molar-refractivity contribution in [2.24, 2.45) is 0 Å². The Kier molecular flexibility index (Phi) is 2.59. The highest BCUT2D eigenvalue weighted by molar-refractivity contribution is 9.10. The van der Waals surface area contributed by atoms with Gasteiger partial charge in [-0.15, -0.1) is 11.3 Å². The molecule has 0 fully saturated rings. The van der Waals surface area contributed by atoms with Gasteiger partial charge in [0.15, 0.2) is 0 Å². The van der Waals surface area contributed by atoms with Gasteiger partial charge in [0.2, 0.25) is 0 Å². The Labute approximate surface area is 114 Å². The van der Waals surface area contributed by atoms with Crippen molar-refractivity contribution in [3.63, 3.8) is 0 Å². The third-order valence-electron chi connectivity index (χ3n) is 2.38. The number of hydrogen-bond donors (Lipinski definition) is 0. The first-order chi connectivity index (χ1) is 7.68. The minimum Gasteiger partial charge on any atom is -0.243 e. The number of aromatic nitrogens is 1. The first-order valence-electron chi connectivity index (χ1n) is 4.49. The molecule has 0 aliphatic rings. The van der Waals surface area contributed by atoms with E-state index in [1.54, 1.807) is 17.5 Å². The van der Waals surface area contributed by atoms with Crippen LogP contribution in [0.5, 0.6) is 0 Å². The van der Waals surface area contributed by atoms with Gasteiger partial charge in [0, 0.05) is 17.0 Å². The van der Waals surface area contributed by atoms with Crippen molar-refractivity contribution in [2.45, 2.75) is 0 Å². The van der Waals surface area contributed by atoms with Crippen LogP contribution in [0.4, 0.5) is 0 Å². The molecule has 0 radical (unpaired) electrons. The second-order valence-corrected chi connectivity index (χ2v) is 5.96. The smallest absolute Gasteiger partial charge is 0.138 e. The predicted molar refractivity (Wildman–Crippen MR) is 74.8 cm³/mol. The zero-order chi connectivity index (χ0) is 11.3. The van der Waals surface area contributed by atoms with Crippen LogP contribution in [0.25, 0.3) is 20.2 Å². The van der Waals surface area contributed by atoms with E-state index in [0.29, 0.717) is 5.15 Å². The molecule has 0 amide bonds. The van der Waals surface area contributed by atoms with Crippen molar-refractivity contribution in [2.75, 3.05) is 0 Å². The third-order valence-corrected chi connectivity index (χ3v) is 5.23. The highest BCUT2D eigenvalue weighted by Crippen LogP contribution is 2.42. The fourth-order valence-corrected chi connectivity index (χ4v) is 3.94. The van der Waals surface area contributed by atoms with Crippen LogP contribution in [-0.2, 0) is 0 Å². The van der Waals surface area contributed by atoms with Crippen LogP contribution in [-0.4, -0.2) is 4.98 Å². The summed E-state index contributed by atoms with van der Waals surface area (Å²) in [5.41, 5.74) is 0. The van der Waals surface area contributed by atoms with Gasteiger partial charge < -0.3 is 0 Å². The van der Waals surface area contributed by atoms with Crippen molar-refractivity contribution in [3.05, 3.63) is 39.0 Å². The predicted octanol–water partition coefficient (Wildman–Crippen LogP) is 5.52. The Morgan fingerprint density at radius 3 is 2.81 bits per heavy atom. The van der Waals surface area contributed by atoms with E-state index in [1.165, 1.54) is 0 Å². The van der Waals surface area contributed by atoms with E-state index in [0.717, 1.165) is 29.7 Å². The van der Waals surface area contributed by atoms with Crippen LogP contribution in [0.2, 0.25) is 10.2 Å². The monoisotopic (exact) mass is 331 g/mol. The largest absolute Gasteiger partial charge is 0.243 e. The number of thiophene rings is 1. The molecule has 16 heavy (non-hydrogen) atoms. The number of fused-ring (bicyclic) bond motifs is 3. The molecule has 80 valence electrons. The van der Waals surface area contributed by atoms with Crippen LogP contribution in [0.15, 0.2) is 28.9 Å². The molecule has 5 heteroatoms. The summed E-state index contributed by atoms with van der Waals surface area (Å²) in [6.45, 7) is 0. The number of benzene rings is 1. The number of halogens is 3. The summed E-state index contributed by atoms with van der Waals surface area (Å²) in [4.78, 5) is 4.14. The minimum atomic E-state index is 0.520. The molecule has 3 aromatic rings. The molecule has 3 rings (SSSR count). The second kappa shape index (κ2) is 3.84.